The topological polar surface area (TPSA) is 60.6 Å². The van der Waals surface area contributed by atoms with Crippen molar-refractivity contribution in [3.05, 3.63) is 54.2 Å². The summed E-state index contributed by atoms with van der Waals surface area (Å²) in [6, 6.07) is 4.30. The van der Waals surface area contributed by atoms with Gasteiger partial charge in [0.2, 0.25) is 0 Å². The van der Waals surface area contributed by atoms with Gasteiger partial charge < -0.3 is 5.32 Å². The third kappa shape index (κ3) is 3.84. The normalized spacial score (nSPS) is 12.5. The number of rotatable bonds is 6. The average molecular weight is 310 g/mol. The minimum Gasteiger partial charge on any atom is -0.308 e. The molecule has 23 heavy (non-hydrogen) atoms. The molecule has 0 unspecified atom stereocenters. The van der Waals surface area contributed by atoms with Gasteiger partial charge in [-0.25, -0.2) is 0 Å². The highest BCUT2D eigenvalue weighted by Gasteiger charge is 2.11. The van der Waals surface area contributed by atoms with Crippen LogP contribution < -0.4 is 5.32 Å². The van der Waals surface area contributed by atoms with Gasteiger partial charge in [0, 0.05) is 55.5 Å². The van der Waals surface area contributed by atoms with Crippen molar-refractivity contribution < 1.29 is 0 Å². The molecule has 0 saturated heterocycles. The van der Waals surface area contributed by atoms with Crippen molar-refractivity contribution in [3.63, 3.8) is 0 Å². The molecule has 0 spiro atoms. The van der Waals surface area contributed by atoms with Crippen LogP contribution in [-0.4, -0.2) is 30.6 Å². The molecule has 0 aliphatic heterocycles. The molecule has 3 aromatic heterocycles. The number of hydrogen-bond acceptors (Lipinski definition) is 4. The Morgan fingerprint density at radius 2 is 2.00 bits per heavy atom. The summed E-state index contributed by atoms with van der Waals surface area (Å²) in [5.74, 6) is 0. The molecular formula is C17H22N6. The van der Waals surface area contributed by atoms with E-state index in [1.807, 2.05) is 34.7 Å². The summed E-state index contributed by atoms with van der Waals surface area (Å²) in [4.78, 5) is 4.07. The monoisotopic (exact) mass is 310 g/mol. The Labute approximate surface area is 136 Å². The molecule has 0 radical (unpaired) electrons. The van der Waals surface area contributed by atoms with Crippen LogP contribution in [-0.2, 0) is 20.1 Å². The molecule has 1 N–H and O–H groups in total. The van der Waals surface area contributed by atoms with Gasteiger partial charge in [-0.1, -0.05) is 0 Å². The van der Waals surface area contributed by atoms with Crippen LogP contribution in [0.2, 0.25) is 0 Å². The number of nitrogens with one attached hydrogen (secondary N) is 1. The van der Waals surface area contributed by atoms with Gasteiger partial charge in [0.05, 0.1) is 18.4 Å². The molecular weight excluding hydrogens is 288 g/mol. The van der Waals surface area contributed by atoms with Gasteiger partial charge in [-0.2, -0.15) is 10.2 Å². The highest BCUT2D eigenvalue weighted by atomic mass is 15.3. The predicted octanol–water partition coefficient (Wildman–Crippen LogP) is 2.17. The lowest BCUT2D eigenvalue weighted by Gasteiger charge is -2.13. The zero-order valence-electron chi connectivity index (χ0n) is 13.8. The molecule has 0 amide bonds. The zero-order valence-corrected chi connectivity index (χ0v) is 13.8. The van der Waals surface area contributed by atoms with E-state index in [1.54, 1.807) is 12.4 Å². The number of aromatic nitrogens is 5. The third-order valence-electron chi connectivity index (χ3n) is 3.72. The first-order chi connectivity index (χ1) is 11.1. The van der Waals surface area contributed by atoms with Crippen LogP contribution in [0.5, 0.6) is 0 Å². The molecule has 120 valence electrons. The maximum Gasteiger partial charge on any atom is 0.0969 e. The van der Waals surface area contributed by atoms with Crippen LogP contribution in [0.15, 0.2) is 43.1 Å². The lowest BCUT2D eigenvalue weighted by atomic mass is 10.1. The summed E-state index contributed by atoms with van der Waals surface area (Å²) in [6.45, 7) is 5.84. The van der Waals surface area contributed by atoms with Crippen molar-refractivity contribution >= 4 is 0 Å². The van der Waals surface area contributed by atoms with Gasteiger partial charge in [-0.3, -0.25) is 14.3 Å². The van der Waals surface area contributed by atoms with Crippen molar-refractivity contribution in [1.29, 1.82) is 0 Å². The number of nitrogens with zero attached hydrogens (tertiary/aromatic N) is 5. The summed E-state index contributed by atoms with van der Waals surface area (Å²) >= 11 is 0. The smallest absolute Gasteiger partial charge is 0.0969 e. The van der Waals surface area contributed by atoms with E-state index in [-0.39, 0.29) is 0 Å². The average Bonchev–Trinajstić information content (AvgIpc) is 3.12. The zero-order chi connectivity index (χ0) is 16.2. The highest BCUT2D eigenvalue weighted by Crippen LogP contribution is 2.21. The fourth-order valence-electron chi connectivity index (χ4n) is 2.62. The lowest BCUT2D eigenvalue weighted by molar-refractivity contribution is 0.451. The quantitative estimate of drug-likeness (QED) is 0.758. The van der Waals surface area contributed by atoms with Gasteiger partial charge in [0.1, 0.15) is 0 Å². The standard InChI is InChI=1S/C17H22N6/c1-13-8-20-23(10-13)11-14(2)19-9-16-12-22(3)21-17(16)15-4-6-18-7-5-15/h4-8,10,12,14,19H,9,11H2,1-3H3/t14-/m1/s1. The summed E-state index contributed by atoms with van der Waals surface area (Å²) in [5, 5.41) is 12.5. The van der Waals surface area contributed by atoms with Crippen LogP contribution >= 0.6 is 0 Å². The van der Waals surface area contributed by atoms with E-state index < -0.39 is 0 Å². The molecule has 3 rings (SSSR count). The Morgan fingerprint density at radius 3 is 2.70 bits per heavy atom. The van der Waals surface area contributed by atoms with E-state index in [4.69, 9.17) is 0 Å². The van der Waals surface area contributed by atoms with E-state index in [2.05, 4.69) is 46.7 Å². The molecule has 0 saturated carbocycles. The minimum atomic E-state index is 0.319. The number of hydrogen-bond donors (Lipinski definition) is 1. The van der Waals surface area contributed by atoms with Crippen molar-refractivity contribution in [1.82, 2.24) is 29.9 Å². The third-order valence-corrected chi connectivity index (χ3v) is 3.72. The van der Waals surface area contributed by atoms with E-state index >= 15 is 0 Å². The maximum atomic E-state index is 4.58. The molecule has 6 heteroatoms. The first kappa shape index (κ1) is 15.4. The Balaban J connectivity index is 1.66. The van der Waals surface area contributed by atoms with Crippen molar-refractivity contribution in [2.75, 3.05) is 0 Å². The van der Waals surface area contributed by atoms with E-state index in [0.29, 0.717) is 6.04 Å². The predicted molar refractivity (Wildman–Crippen MR) is 89.7 cm³/mol. The van der Waals surface area contributed by atoms with Gasteiger partial charge in [0.15, 0.2) is 0 Å². The number of pyridine rings is 1. The van der Waals surface area contributed by atoms with Gasteiger partial charge >= 0.3 is 0 Å². The summed E-state index contributed by atoms with van der Waals surface area (Å²) in [7, 11) is 1.95. The summed E-state index contributed by atoms with van der Waals surface area (Å²) in [5.41, 5.74) is 4.46. The fourth-order valence-corrected chi connectivity index (χ4v) is 2.62. The molecule has 0 aromatic carbocycles. The molecule has 3 aromatic rings. The van der Waals surface area contributed by atoms with Crippen molar-refractivity contribution in [2.24, 2.45) is 7.05 Å². The Morgan fingerprint density at radius 1 is 1.22 bits per heavy atom. The van der Waals surface area contributed by atoms with Crippen LogP contribution in [0.1, 0.15) is 18.1 Å². The van der Waals surface area contributed by atoms with Gasteiger partial charge in [0.25, 0.3) is 0 Å². The van der Waals surface area contributed by atoms with Gasteiger partial charge in [-0.05, 0) is 31.5 Å². The van der Waals surface area contributed by atoms with Crippen LogP contribution in [0, 0.1) is 6.92 Å². The molecule has 0 aliphatic carbocycles. The second kappa shape index (κ2) is 6.75. The van der Waals surface area contributed by atoms with E-state index in [1.165, 1.54) is 11.1 Å². The minimum absolute atomic E-state index is 0.319. The Bertz CT molecular complexity index is 758. The summed E-state index contributed by atoms with van der Waals surface area (Å²) < 4.78 is 3.83. The largest absolute Gasteiger partial charge is 0.308 e. The van der Waals surface area contributed by atoms with E-state index in [0.717, 1.165) is 24.3 Å². The van der Waals surface area contributed by atoms with Crippen molar-refractivity contribution in [2.45, 2.75) is 33.0 Å². The second-order valence-electron chi connectivity index (χ2n) is 5.93. The molecule has 0 aliphatic rings. The molecule has 0 bridgehead atoms. The molecule has 1 atom stereocenters. The molecule has 6 nitrogen and oxygen atoms in total. The maximum absolute atomic E-state index is 4.58. The SMILES string of the molecule is Cc1cnn(C[C@@H](C)NCc2cn(C)nc2-c2ccncc2)c1. The van der Waals surface area contributed by atoms with E-state index in [9.17, 15) is 0 Å². The second-order valence-corrected chi connectivity index (χ2v) is 5.93. The first-order valence-electron chi connectivity index (χ1n) is 7.77. The first-order valence-corrected chi connectivity index (χ1v) is 7.77. The lowest BCUT2D eigenvalue weighted by Crippen LogP contribution is -2.30. The van der Waals surface area contributed by atoms with Crippen LogP contribution in [0.4, 0.5) is 0 Å². The van der Waals surface area contributed by atoms with Gasteiger partial charge in [-0.15, -0.1) is 0 Å². The summed E-state index contributed by atoms with van der Waals surface area (Å²) in [6.07, 6.45) is 9.60. The highest BCUT2D eigenvalue weighted by molar-refractivity contribution is 5.61. The Kier molecular flexibility index (Phi) is 4.52. The van der Waals surface area contributed by atoms with Crippen LogP contribution in [0.25, 0.3) is 11.3 Å². The van der Waals surface area contributed by atoms with Crippen LogP contribution in [0.3, 0.4) is 0 Å². The molecule has 0 fully saturated rings. The molecule has 3 heterocycles. The fraction of sp³-hybridized carbons (Fsp3) is 0.353. The van der Waals surface area contributed by atoms with Crippen molar-refractivity contribution in [3.8, 4) is 11.3 Å². The Hall–Kier alpha value is -2.47. The number of aryl methyl sites for hydroxylation is 2.